The molecule has 21 heavy (non-hydrogen) atoms. The monoisotopic (exact) mass is 311 g/mol. The molecule has 1 N–H and O–H groups in total. The number of carbonyl (C=O) groups is 1. The van der Waals surface area contributed by atoms with Gasteiger partial charge in [0.05, 0.1) is 11.0 Å². The van der Waals surface area contributed by atoms with Gasteiger partial charge in [-0.25, -0.2) is 9.59 Å². The molecule has 0 aliphatic carbocycles. The molecule has 1 heterocycles. The predicted molar refractivity (Wildman–Crippen MR) is 82.2 cm³/mol. The fraction of sp³-hybridized carbons (Fsp3) is 0.429. The van der Waals surface area contributed by atoms with E-state index in [0.717, 1.165) is 11.0 Å². The minimum atomic E-state index is -0.977. The minimum Gasteiger partial charge on any atom is -0.465 e. The fourth-order valence-corrected chi connectivity index (χ4v) is 2.57. The summed E-state index contributed by atoms with van der Waals surface area (Å²) in [6.07, 6.45) is -0.977. The van der Waals surface area contributed by atoms with Crippen LogP contribution >= 0.6 is 11.6 Å². The number of hydrogen-bond acceptors (Lipinski definition) is 2. The largest absolute Gasteiger partial charge is 0.465 e. The van der Waals surface area contributed by atoms with Gasteiger partial charge in [-0.1, -0.05) is 12.1 Å². The van der Waals surface area contributed by atoms with E-state index in [1.54, 1.807) is 16.1 Å². The number of carboxylic acid groups (broad SMARTS) is 1. The zero-order valence-corrected chi connectivity index (χ0v) is 12.6. The van der Waals surface area contributed by atoms with Crippen LogP contribution in [0.5, 0.6) is 0 Å². The Labute approximate surface area is 127 Å². The number of fused-ring (bicyclic) bond motifs is 1. The Hall–Kier alpha value is -1.95. The number of benzene rings is 1. The van der Waals surface area contributed by atoms with E-state index >= 15 is 0 Å². The molecule has 2 rings (SSSR count). The summed E-state index contributed by atoms with van der Waals surface area (Å²) in [5.74, 6) is 0.351. The standard InChI is InChI=1S/C14H18ClN3O3/c1-2-16(14(20)21)9-10-18-12-6-4-3-5-11(12)17(8-7-15)13(18)19/h3-6H,2,7-10H2,1H3,(H,20,21). The van der Waals surface area contributed by atoms with Gasteiger partial charge >= 0.3 is 11.8 Å². The van der Waals surface area contributed by atoms with Crippen molar-refractivity contribution in [3.8, 4) is 0 Å². The number of rotatable bonds is 6. The van der Waals surface area contributed by atoms with Gasteiger partial charge in [-0.2, -0.15) is 0 Å². The van der Waals surface area contributed by atoms with Crippen LogP contribution in [0.2, 0.25) is 0 Å². The van der Waals surface area contributed by atoms with E-state index < -0.39 is 6.09 Å². The molecule has 0 aliphatic heterocycles. The molecule has 1 amide bonds. The molecule has 0 aliphatic rings. The van der Waals surface area contributed by atoms with Crippen LogP contribution in [-0.2, 0) is 13.1 Å². The average Bonchev–Trinajstić information content (AvgIpc) is 2.73. The van der Waals surface area contributed by atoms with E-state index in [9.17, 15) is 9.59 Å². The molecule has 114 valence electrons. The molecule has 0 saturated carbocycles. The van der Waals surface area contributed by atoms with Gasteiger partial charge in [0.2, 0.25) is 0 Å². The smallest absolute Gasteiger partial charge is 0.407 e. The number of alkyl halides is 1. The molecule has 0 spiro atoms. The van der Waals surface area contributed by atoms with Gasteiger partial charge in [0, 0.05) is 32.1 Å². The van der Waals surface area contributed by atoms with Gasteiger partial charge in [-0.05, 0) is 19.1 Å². The molecule has 7 heteroatoms. The van der Waals surface area contributed by atoms with Crippen molar-refractivity contribution in [1.82, 2.24) is 14.0 Å². The molecule has 1 aromatic heterocycles. The van der Waals surface area contributed by atoms with Crippen LogP contribution in [0.25, 0.3) is 11.0 Å². The third-order valence-corrected chi connectivity index (χ3v) is 3.65. The third kappa shape index (κ3) is 3.05. The zero-order valence-electron chi connectivity index (χ0n) is 11.8. The van der Waals surface area contributed by atoms with Crippen molar-refractivity contribution in [2.24, 2.45) is 0 Å². The highest BCUT2D eigenvalue weighted by Crippen LogP contribution is 2.13. The normalized spacial score (nSPS) is 11.0. The van der Waals surface area contributed by atoms with Gasteiger partial charge < -0.3 is 10.0 Å². The van der Waals surface area contributed by atoms with E-state index in [1.165, 1.54) is 4.90 Å². The van der Waals surface area contributed by atoms with Crippen LogP contribution in [-0.4, -0.2) is 44.2 Å². The lowest BCUT2D eigenvalue weighted by Gasteiger charge is -2.16. The summed E-state index contributed by atoms with van der Waals surface area (Å²) < 4.78 is 3.23. The summed E-state index contributed by atoms with van der Waals surface area (Å²) in [6, 6.07) is 7.46. The Morgan fingerprint density at radius 3 is 2.29 bits per heavy atom. The number of likely N-dealkylation sites (N-methyl/N-ethyl adjacent to an activating group) is 1. The molecule has 6 nitrogen and oxygen atoms in total. The lowest BCUT2D eigenvalue weighted by atomic mass is 10.3. The molecule has 0 bridgehead atoms. The first-order valence-corrected chi connectivity index (χ1v) is 7.35. The third-order valence-electron chi connectivity index (χ3n) is 3.48. The first-order chi connectivity index (χ1) is 10.1. The SMILES string of the molecule is CCN(CCn1c(=O)n(CCCl)c2ccccc21)C(=O)O. The first-order valence-electron chi connectivity index (χ1n) is 6.82. The van der Waals surface area contributed by atoms with Crippen LogP contribution in [0.4, 0.5) is 4.79 Å². The Bertz CT molecular complexity index is 692. The Balaban J connectivity index is 2.37. The van der Waals surface area contributed by atoms with Gasteiger partial charge in [0.1, 0.15) is 0 Å². The van der Waals surface area contributed by atoms with Crippen molar-refractivity contribution in [2.45, 2.75) is 20.0 Å². The number of para-hydroxylation sites is 2. The van der Waals surface area contributed by atoms with Gasteiger partial charge in [0.25, 0.3) is 0 Å². The van der Waals surface area contributed by atoms with Gasteiger partial charge in [-0.15, -0.1) is 11.6 Å². The predicted octanol–water partition coefficient (Wildman–Crippen LogP) is 2.04. The fourth-order valence-electron chi connectivity index (χ4n) is 2.40. The summed E-state index contributed by atoms with van der Waals surface area (Å²) in [4.78, 5) is 24.8. The number of imidazole rings is 1. The lowest BCUT2D eigenvalue weighted by molar-refractivity contribution is 0.146. The van der Waals surface area contributed by atoms with Crippen LogP contribution in [0.1, 0.15) is 6.92 Å². The Kier molecular flexibility index (Phi) is 4.90. The van der Waals surface area contributed by atoms with Crippen molar-refractivity contribution < 1.29 is 9.90 Å². The molecular formula is C14H18ClN3O3. The summed E-state index contributed by atoms with van der Waals surface area (Å²) in [5, 5.41) is 9.04. The summed E-state index contributed by atoms with van der Waals surface area (Å²) in [7, 11) is 0. The van der Waals surface area contributed by atoms with E-state index in [1.807, 2.05) is 24.3 Å². The maximum absolute atomic E-state index is 12.5. The van der Waals surface area contributed by atoms with Crippen molar-refractivity contribution in [1.29, 1.82) is 0 Å². The molecule has 0 atom stereocenters. The second-order valence-electron chi connectivity index (χ2n) is 4.63. The molecule has 0 unspecified atom stereocenters. The Morgan fingerprint density at radius 1 is 1.24 bits per heavy atom. The Morgan fingerprint density at radius 2 is 1.81 bits per heavy atom. The molecular weight excluding hydrogens is 294 g/mol. The highest BCUT2D eigenvalue weighted by molar-refractivity contribution is 6.17. The van der Waals surface area contributed by atoms with Crippen LogP contribution < -0.4 is 5.69 Å². The molecule has 0 fully saturated rings. The first kappa shape index (κ1) is 15.4. The molecule has 2 aromatic rings. The molecule has 1 aromatic carbocycles. The van der Waals surface area contributed by atoms with Gasteiger partial charge in [-0.3, -0.25) is 9.13 Å². The van der Waals surface area contributed by atoms with E-state index in [-0.39, 0.29) is 12.2 Å². The van der Waals surface area contributed by atoms with Crippen LogP contribution in [0.15, 0.2) is 29.1 Å². The summed E-state index contributed by atoms with van der Waals surface area (Å²) in [6.45, 7) is 3.21. The number of aromatic nitrogens is 2. The number of amides is 1. The van der Waals surface area contributed by atoms with Crippen LogP contribution in [0, 0.1) is 0 Å². The van der Waals surface area contributed by atoms with Gasteiger partial charge in [0.15, 0.2) is 0 Å². The minimum absolute atomic E-state index is 0.154. The average molecular weight is 312 g/mol. The summed E-state index contributed by atoms with van der Waals surface area (Å²) >= 11 is 5.75. The number of nitrogens with zero attached hydrogens (tertiary/aromatic N) is 3. The lowest BCUT2D eigenvalue weighted by Crippen LogP contribution is -2.35. The maximum Gasteiger partial charge on any atom is 0.407 e. The second kappa shape index (κ2) is 6.67. The highest BCUT2D eigenvalue weighted by atomic mass is 35.5. The van der Waals surface area contributed by atoms with Crippen molar-refractivity contribution >= 4 is 28.7 Å². The van der Waals surface area contributed by atoms with Crippen LogP contribution in [0.3, 0.4) is 0 Å². The summed E-state index contributed by atoms with van der Waals surface area (Å²) in [5.41, 5.74) is 1.47. The van der Waals surface area contributed by atoms with E-state index in [4.69, 9.17) is 16.7 Å². The second-order valence-corrected chi connectivity index (χ2v) is 5.00. The zero-order chi connectivity index (χ0) is 15.4. The van der Waals surface area contributed by atoms with Crippen molar-refractivity contribution in [3.05, 3.63) is 34.7 Å². The van der Waals surface area contributed by atoms with E-state index in [0.29, 0.717) is 25.5 Å². The molecule has 0 saturated heterocycles. The van der Waals surface area contributed by atoms with E-state index in [2.05, 4.69) is 0 Å². The quantitative estimate of drug-likeness (QED) is 0.830. The van der Waals surface area contributed by atoms with Crippen molar-refractivity contribution in [3.63, 3.8) is 0 Å². The number of hydrogen-bond donors (Lipinski definition) is 1. The van der Waals surface area contributed by atoms with Crippen molar-refractivity contribution in [2.75, 3.05) is 19.0 Å². The topological polar surface area (TPSA) is 67.5 Å². The number of halogens is 1. The molecule has 0 radical (unpaired) electrons. The highest BCUT2D eigenvalue weighted by Gasteiger charge is 2.14. The number of aryl methyl sites for hydroxylation is 1. The maximum atomic E-state index is 12.5.